The predicted molar refractivity (Wildman–Crippen MR) is 52.0 cm³/mol. The van der Waals surface area contributed by atoms with Crippen molar-refractivity contribution in [1.29, 1.82) is 0 Å². The summed E-state index contributed by atoms with van der Waals surface area (Å²) in [7, 11) is 0. The van der Waals surface area contributed by atoms with Crippen LogP contribution < -0.4 is 5.76 Å². The van der Waals surface area contributed by atoms with Crippen molar-refractivity contribution in [2.45, 2.75) is 44.9 Å². The molecule has 0 atom stereocenters. The van der Waals surface area contributed by atoms with E-state index in [2.05, 4.69) is 10.2 Å². The largest absolute Gasteiger partial charge is 0.434 e. The van der Waals surface area contributed by atoms with Crippen molar-refractivity contribution < 1.29 is 4.42 Å². The molecule has 1 fully saturated rings. The molecule has 14 heavy (non-hydrogen) atoms. The molecule has 4 nitrogen and oxygen atoms in total. The van der Waals surface area contributed by atoms with E-state index in [0.29, 0.717) is 5.89 Å². The molecule has 4 heteroatoms. The average Bonchev–Trinajstić information content (AvgIpc) is 2.63. The van der Waals surface area contributed by atoms with Crippen molar-refractivity contribution in [3.05, 3.63) is 16.4 Å². The molecule has 0 radical (unpaired) electrons. The monoisotopic (exact) mass is 196 g/mol. The molecular formula is C10H16N2O2. The number of aryl methyl sites for hydroxylation is 1. The van der Waals surface area contributed by atoms with Gasteiger partial charge in [-0.3, -0.25) is 0 Å². The van der Waals surface area contributed by atoms with Gasteiger partial charge < -0.3 is 4.42 Å². The van der Waals surface area contributed by atoms with Crippen molar-refractivity contribution in [3.8, 4) is 0 Å². The Morgan fingerprint density at radius 3 is 2.79 bits per heavy atom. The number of nitrogens with one attached hydrogen (secondary N) is 1. The number of nitrogens with zero attached hydrogens (tertiary/aromatic N) is 1. The predicted octanol–water partition coefficient (Wildman–Crippen LogP) is 1.88. The number of hydrogen-bond donors (Lipinski definition) is 1. The summed E-state index contributed by atoms with van der Waals surface area (Å²) < 4.78 is 4.85. The van der Waals surface area contributed by atoms with E-state index in [1.807, 2.05) is 0 Å². The SMILES string of the molecule is O=c1[nH]nc(CCC2CCCCC2)o1. The maximum atomic E-state index is 10.7. The third-order valence-corrected chi connectivity index (χ3v) is 2.97. The molecule has 0 unspecified atom stereocenters. The molecular weight excluding hydrogens is 180 g/mol. The van der Waals surface area contributed by atoms with Crippen LogP contribution in [0, 0.1) is 5.92 Å². The van der Waals surface area contributed by atoms with Crippen molar-refractivity contribution in [2.24, 2.45) is 5.92 Å². The number of aromatic amines is 1. The van der Waals surface area contributed by atoms with Gasteiger partial charge in [0.1, 0.15) is 0 Å². The standard InChI is InChI=1S/C10H16N2O2/c13-10-12-11-9(14-10)7-6-8-4-2-1-3-5-8/h8H,1-7H2,(H,12,13). The first-order valence-electron chi connectivity index (χ1n) is 5.39. The molecule has 0 bridgehead atoms. The molecule has 1 N–H and O–H groups in total. The lowest BCUT2D eigenvalue weighted by Gasteiger charge is -2.20. The maximum Gasteiger partial charge on any atom is 0.434 e. The Kier molecular flexibility index (Phi) is 3.01. The quantitative estimate of drug-likeness (QED) is 0.802. The Morgan fingerprint density at radius 1 is 1.36 bits per heavy atom. The van der Waals surface area contributed by atoms with E-state index in [1.165, 1.54) is 32.1 Å². The lowest BCUT2D eigenvalue weighted by molar-refractivity contribution is 0.326. The Morgan fingerprint density at radius 2 is 2.14 bits per heavy atom. The van der Waals surface area contributed by atoms with E-state index in [-0.39, 0.29) is 0 Å². The zero-order chi connectivity index (χ0) is 9.80. The summed E-state index contributed by atoms with van der Waals surface area (Å²) >= 11 is 0. The van der Waals surface area contributed by atoms with Crippen molar-refractivity contribution in [1.82, 2.24) is 10.2 Å². The zero-order valence-electron chi connectivity index (χ0n) is 8.29. The second-order valence-corrected chi connectivity index (χ2v) is 4.05. The smallest absolute Gasteiger partial charge is 0.393 e. The summed E-state index contributed by atoms with van der Waals surface area (Å²) in [6, 6.07) is 0. The fourth-order valence-electron chi connectivity index (χ4n) is 2.17. The Hall–Kier alpha value is -1.06. The van der Waals surface area contributed by atoms with E-state index >= 15 is 0 Å². The highest BCUT2D eigenvalue weighted by atomic mass is 16.4. The number of rotatable bonds is 3. The molecule has 0 saturated heterocycles. The molecule has 1 aromatic rings. The van der Waals surface area contributed by atoms with Gasteiger partial charge in [-0.2, -0.15) is 0 Å². The molecule has 78 valence electrons. The third-order valence-electron chi connectivity index (χ3n) is 2.97. The fourth-order valence-corrected chi connectivity index (χ4v) is 2.17. The molecule has 0 aromatic carbocycles. The van der Waals surface area contributed by atoms with E-state index in [0.717, 1.165) is 18.8 Å². The van der Waals surface area contributed by atoms with Crippen LogP contribution in [-0.2, 0) is 6.42 Å². The van der Waals surface area contributed by atoms with Crippen molar-refractivity contribution in [3.63, 3.8) is 0 Å². The van der Waals surface area contributed by atoms with Crippen molar-refractivity contribution in [2.75, 3.05) is 0 Å². The minimum absolute atomic E-state index is 0.441. The third kappa shape index (κ3) is 2.47. The molecule has 1 saturated carbocycles. The minimum atomic E-state index is -0.441. The first-order chi connectivity index (χ1) is 6.84. The van der Waals surface area contributed by atoms with Gasteiger partial charge in [-0.15, -0.1) is 5.10 Å². The van der Waals surface area contributed by atoms with Gasteiger partial charge in [-0.1, -0.05) is 32.1 Å². The summed E-state index contributed by atoms with van der Waals surface area (Å²) in [5, 5.41) is 6.08. The maximum absolute atomic E-state index is 10.7. The Balaban J connectivity index is 1.78. The molecule has 1 aromatic heterocycles. The van der Waals surface area contributed by atoms with Crippen molar-refractivity contribution >= 4 is 0 Å². The van der Waals surface area contributed by atoms with Crippen LogP contribution in [-0.4, -0.2) is 10.2 Å². The van der Waals surface area contributed by atoms with Gasteiger partial charge in [0.15, 0.2) is 0 Å². The van der Waals surface area contributed by atoms with E-state index in [1.54, 1.807) is 0 Å². The Bertz CT molecular complexity index is 323. The average molecular weight is 196 g/mol. The summed E-state index contributed by atoms with van der Waals surface area (Å²) in [6.45, 7) is 0. The summed E-state index contributed by atoms with van der Waals surface area (Å²) in [5.74, 6) is 0.926. The molecule has 1 aliphatic rings. The van der Waals surface area contributed by atoms with Gasteiger partial charge in [0, 0.05) is 6.42 Å². The van der Waals surface area contributed by atoms with Gasteiger partial charge >= 0.3 is 5.76 Å². The van der Waals surface area contributed by atoms with Crippen LogP contribution in [0.3, 0.4) is 0 Å². The van der Waals surface area contributed by atoms with Crippen LogP contribution in [0.2, 0.25) is 0 Å². The molecule has 0 amide bonds. The summed E-state index contributed by atoms with van der Waals surface area (Å²) in [6.07, 6.45) is 8.65. The first-order valence-corrected chi connectivity index (χ1v) is 5.39. The second kappa shape index (κ2) is 4.44. The lowest BCUT2D eigenvalue weighted by Crippen LogP contribution is -2.07. The van der Waals surface area contributed by atoms with Gasteiger partial charge in [0.05, 0.1) is 0 Å². The van der Waals surface area contributed by atoms with Crippen LogP contribution in [0.5, 0.6) is 0 Å². The topological polar surface area (TPSA) is 58.9 Å². The number of hydrogen-bond acceptors (Lipinski definition) is 3. The molecule has 2 rings (SSSR count). The molecule has 1 aliphatic carbocycles. The van der Waals surface area contributed by atoms with Crippen LogP contribution in [0.4, 0.5) is 0 Å². The summed E-state index contributed by atoms with van der Waals surface area (Å²) in [5.41, 5.74) is 0. The Labute approximate surface area is 82.7 Å². The normalized spacial score (nSPS) is 18.6. The van der Waals surface area contributed by atoms with E-state index < -0.39 is 5.76 Å². The molecule has 1 heterocycles. The molecule has 0 aliphatic heterocycles. The van der Waals surface area contributed by atoms with Gasteiger partial charge in [0.25, 0.3) is 0 Å². The fraction of sp³-hybridized carbons (Fsp3) is 0.800. The minimum Gasteiger partial charge on any atom is -0.393 e. The highest BCUT2D eigenvalue weighted by Gasteiger charge is 2.14. The second-order valence-electron chi connectivity index (χ2n) is 4.05. The van der Waals surface area contributed by atoms with E-state index in [4.69, 9.17) is 4.42 Å². The van der Waals surface area contributed by atoms with Crippen LogP contribution in [0.1, 0.15) is 44.4 Å². The highest BCUT2D eigenvalue weighted by Crippen LogP contribution is 2.26. The van der Waals surface area contributed by atoms with Gasteiger partial charge in [-0.05, 0) is 12.3 Å². The first kappa shape index (κ1) is 9.49. The number of H-pyrrole nitrogens is 1. The van der Waals surface area contributed by atoms with Crippen LogP contribution >= 0.6 is 0 Å². The summed E-state index contributed by atoms with van der Waals surface area (Å²) in [4.78, 5) is 10.7. The van der Waals surface area contributed by atoms with Gasteiger partial charge in [0.2, 0.25) is 5.89 Å². The van der Waals surface area contributed by atoms with E-state index in [9.17, 15) is 4.79 Å². The lowest BCUT2D eigenvalue weighted by atomic mass is 9.86. The molecule has 0 spiro atoms. The number of aromatic nitrogens is 2. The van der Waals surface area contributed by atoms with Crippen LogP contribution in [0.15, 0.2) is 9.21 Å². The zero-order valence-corrected chi connectivity index (χ0v) is 8.29. The van der Waals surface area contributed by atoms with Gasteiger partial charge in [-0.25, -0.2) is 9.89 Å². The highest BCUT2D eigenvalue weighted by molar-refractivity contribution is 4.76. The van der Waals surface area contributed by atoms with Crippen LogP contribution in [0.25, 0.3) is 0 Å².